The van der Waals surface area contributed by atoms with Gasteiger partial charge >= 0.3 is 5.97 Å². The van der Waals surface area contributed by atoms with E-state index >= 15 is 0 Å². The van der Waals surface area contributed by atoms with Crippen LogP contribution in [0, 0.1) is 0 Å². The van der Waals surface area contributed by atoms with Crippen LogP contribution >= 0.6 is 0 Å². The molecule has 6 heteroatoms. The van der Waals surface area contributed by atoms with E-state index in [0.717, 1.165) is 5.56 Å². The van der Waals surface area contributed by atoms with Crippen LogP contribution in [0.3, 0.4) is 0 Å². The third-order valence-corrected chi connectivity index (χ3v) is 2.48. The molecule has 0 bridgehead atoms. The molecule has 1 aromatic carbocycles. The van der Waals surface area contributed by atoms with Crippen molar-refractivity contribution in [3.8, 4) is 0 Å². The first-order chi connectivity index (χ1) is 8.43. The average molecular weight is 253 g/mol. The minimum Gasteiger partial charge on any atom is -0.479 e. The summed E-state index contributed by atoms with van der Waals surface area (Å²) in [6, 6.07) is 8.58. The topological polar surface area (TPSA) is 107 Å². The fourth-order valence-electron chi connectivity index (χ4n) is 1.40. The number of nitrogens with one attached hydrogen (secondary N) is 1. The molecule has 1 amide bonds. The Balaban J connectivity index is 2.62. The van der Waals surface area contributed by atoms with Crippen molar-refractivity contribution in [1.29, 1.82) is 0 Å². The smallest absolute Gasteiger partial charge is 0.335 e. The molecule has 3 atom stereocenters. The van der Waals surface area contributed by atoms with Crippen molar-refractivity contribution in [3.05, 3.63) is 35.9 Å². The summed E-state index contributed by atoms with van der Waals surface area (Å²) in [5, 5.41) is 29.2. The molecular weight excluding hydrogens is 238 g/mol. The lowest BCUT2D eigenvalue weighted by Gasteiger charge is -2.18. The molecule has 0 aliphatic rings. The molecule has 0 radical (unpaired) electrons. The van der Waals surface area contributed by atoms with Gasteiger partial charge in [0.2, 0.25) is 0 Å². The number of carboxylic acids is 1. The normalized spacial score (nSPS) is 15.5. The molecule has 0 spiro atoms. The average Bonchev–Trinajstić information content (AvgIpc) is 2.37. The quantitative estimate of drug-likeness (QED) is 0.575. The number of amides is 1. The molecule has 0 aliphatic carbocycles. The van der Waals surface area contributed by atoms with E-state index in [9.17, 15) is 14.7 Å². The molecular formula is C12H15NO5. The Hall–Kier alpha value is -1.92. The Morgan fingerprint density at radius 2 is 1.67 bits per heavy atom. The van der Waals surface area contributed by atoms with E-state index in [0.29, 0.717) is 0 Å². The number of aliphatic hydroxyl groups excluding tert-OH is 2. The van der Waals surface area contributed by atoms with E-state index in [1.807, 2.05) is 6.07 Å². The van der Waals surface area contributed by atoms with Crippen LogP contribution in [0.2, 0.25) is 0 Å². The molecule has 1 aromatic rings. The van der Waals surface area contributed by atoms with Gasteiger partial charge in [-0.25, -0.2) is 4.79 Å². The van der Waals surface area contributed by atoms with Crippen molar-refractivity contribution in [2.24, 2.45) is 0 Å². The number of benzene rings is 1. The maximum Gasteiger partial charge on any atom is 0.335 e. The summed E-state index contributed by atoms with van der Waals surface area (Å²) in [6.07, 6.45) is -4.12. The highest BCUT2D eigenvalue weighted by Crippen LogP contribution is 2.11. The number of aliphatic carboxylic acids is 1. The van der Waals surface area contributed by atoms with E-state index in [1.165, 1.54) is 0 Å². The maximum absolute atomic E-state index is 11.5. The number of hydrogen-bond donors (Lipinski definition) is 4. The summed E-state index contributed by atoms with van der Waals surface area (Å²) in [5.74, 6) is -2.58. The minimum atomic E-state index is -2.13. The Labute approximate surface area is 104 Å². The van der Waals surface area contributed by atoms with Crippen LogP contribution in [0.5, 0.6) is 0 Å². The van der Waals surface area contributed by atoms with Gasteiger partial charge in [0.05, 0.1) is 6.04 Å². The van der Waals surface area contributed by atoms with Gasteiger partial charge < -0.3 is 20.6 Å². The summed E-state index contributed by atoms with van der Waals surface area (Å²) in [6.45, 7) is 1.69. The summed E-state index contributed by atoms with van der Waals surface area (Å²) in [5.41, 5.74) is 0.808. The van der Waals surface area contributed by atoms with E-state index in [-0.39, 0.29) is 0 Å². The van der Waals surface area contributed by atoms with Crippen LogP contribution in [0.1, 0.15) is 18.5 Å². The molecule has 3 unspecified atom stereocenters. The first-order valence-electron chi connectivity index (χ1n) is 5.37. The Bertz CT molecular complexity index is 420. The van der Waals surface area contributed by atoms with Gasteiger partial charge in [0.25, 0.3) is 5.91 Å². The van der Waals surface area contributed by atoms with E-state index in [4.69, 9.17) is 10.2 Å². The highest BCUT2D eigenvalue weighted by atomic mass is 16.4. The molecule has 0 aliphatic heterocycles. The van der Waals surface area contributed by atoms with Crippen LogP contribution in [-0.4, -0.2) is 39.4 Å². The summed E-state index contributed by atoms with van der Waals surface area (Å²) < 4.78 is 0. The molecule has 6 nitrogen and oxygen atoms in total. The Kier molecular flexibility index (Phi) is 4.82. The lowest BCUT2D eigenvalue weighted by Crippen LogP contribution is -2.46. The number of carbonyl (C=O) groups excluding carboxylic acids is 1. The Morgan fingerprint density at radius 1 is 1.11 bits per heavy atom. The molecule has 0 saturated carbocycles. The van der Waals surface area contributed by atoms with Crippen LogP contribution in [-0.2, 0) is 9.59 Å². The lowest BCUT2D eigenvalue weighted by atomic mass is 10.1. The monoisotopic (exact) mass is 253 g/mol. The maximum atomic E-state index is 11.5. The van der Waals surface area contributed by atoms with E-state index < -0.39 is 30.1 Å². The minimum absolute atomic E-state index is 0.394. The summed E-state index contributed by atoms with van der Waals surface area (Å²) in [4.78, 5) is 21.9. The molecule has 0 fully saturated rings. The molecule has 1 rings (SSSR count). The molecule has 0 heterocycles. The van der Waals surface area contributed by atoms with Gasteiger partial charge in [0, 0.05) is 0 Å². The largest absolute Gasteiger partial charge is 0.479 e. The van der Waals surface area contributed by atoms with Gasteiger partial charge in [0.1, 0.15) is 0 Å². The number of carbonyl (C=O) groups is 2. The standard InChI is InChI=1S/C12H15NO5/c1-7(8-5-3-2-4-6-8)13-11(16)9(14)10(15)12(17)18/h2-7,9-10,14-15H,1H3,(H,13,16)(H,17,18). The van der Waals surface area contributed by atoms with Gasteiger partial charge in [0.15, 0.2) is 12.2 Å². The number of aliphatic hydroxyl groups is 2. The predicted molar refractivity (Wildman–Crippen MR) is 62.6 cm³/mol. The SMILES string of the molecule is CC(NC(=O)C(O)C(O)C(=O)O)c1ccccc1. The Morgan fingerprint density at radius 3 is 2.17 bits per heavy atom. The van der Waals surface area contributed by atoms with Crippen molar-refractivity contribution < 1.29 is 24.9 Å². The van der Waals surface area contributed by atoms with E-state index in [2.05, 4.69) is 5.32 Å². The highest BCUT2D eigenvalue weighted by Gasteiger charge is 2.30. The molecule has 18 heavy (non-hydrogen) atoms. The molecule has 98 valence electrons. The van der Waals surface area contributed by atoms with Crippen LogP contribution in [0.15, 0.2) is 30.3 Å². The van der Waals surface area contributed by atoms with Gasteiger partial charge in [-0.3, -0.25) is 4.79 Å². The fraction of sp³-hybridized carbons (Fsp3) is 0.333. The van der Waals surface area contributed by atoms with Crippen molar-refractivity contribution in [2.45, 2.75) is 25.2 Å². The summed E-state index contributed by atoms with van der Waals surface area (Å²) >= 11 is 0. The van der Waals surface area contributed by atoms with Crippen LogP contribution < -0.4 is 5.32 Å². The third-order valence-electron chi connectivity index (χ3n) is 2.48. The van der Waals surface area contributed by atoms with Crippen molar-refractivity contribution >= 4 is 11.9 Å². The predicted octanol–water partition coefficient (Wildman–Crippen LogP) is -0.330. The zero-order valence-corrected chi connectivity index (χ0v) is 9.78. The second-order valence-corrected chi connectivity index (χ2v) is 3.87. The third kappa shape index (κ3) is 3.54. The van der Waals surface area contributed by atoms with Crippen molar-refractivity contribution in [2.75, 3.05) is 0 Å². The van der Waals surface area contributed by atoms with Gasteiger partial charge in [-0.1, -0.05) is 30.3 Å². The van der Waals surface area contributed by atoms with Crippen molar-refractivity contribution in [3.63, 3.8) is 0 Å². The zero-order valence-electron chi connectivity index (χ0n) is 9.78. The van der Waals surface area contributed by atoms with Gasteiger partial charge in [-0.2, -0.15) is 0 Å². The van der Waals surface area contributed by atoms with Crippen molar-refractivity contribution in [1.82, 2.24) is 5.32 Å². The first-order valence-corrected chi connectivity index (χ1v) is 5.37. The number of rotatable bonds is 5. The van der Waals surface area contributed by atoms with E-state index in [1.54, 1.807) is 31.2 Å². The van der Waals surface area contributed by atoms with Crippen LogP contribution in [0.25, 0.3) is 0 Å². The fourth-order valence-corrected chi connectivity index (χ4v) is 1.40. The second kappa shape index (κ2) is 6.13. The highest BCUT2D eigenvalue weighted by molar-refractivity contribution is 5.87. The molecule has 0 saturated heterocycles. The van der Waals surface area contributed by atoms with Gasteiger partial charge in [-0.05, 0) is 12.5 Å². The number of carboxylic acid groups (broad SMARTS) is 1. The zero-order chi connectivity index (χ0) is 13.7. The van der Waals surface area contributed by atoms with Crippen LogP contribution in [0.4, 0.5) is 0 Å². The van der Waals surface area contributed by atoms with Gasteiger partial charge in [-0.15, -0.1) is 0 Å². The second-order valence-electron chi connectivity index (χ2n) is 3.87. The first kappa shape index (κ1) is 14.1. The molecule has 4 N–H and O–H groups in total. The number of hydrogen-bond acceptors (Lipinski definition) is 4. The molecule has 0 aromatic heterocycles. The summed E-state index contributed by atoms with van der Waals surface area (Å²) in [7, 11) is 0. The lowest BCUT2D eigenvalue weighted by molar-refractivity contribution is -0.158.